The monoisotopic (exact) mass is 233 g/mol. The van der Waals surface area contributed by atoms with Gasteiger partial charge in [0.15, 0.2) is 8.32 Å². The lowest BCUT2D eigenvalue weighted by Gasteiger charge is -2.40. The summed E-state index contributed by atoms with van der Waals surface area (Å²) in [6.07, 6.45) is 0.107. The zero-order chi connectivity index (χ0) is 12.3. The molecular formula is C11H27NO2Si. The van der Waals surface area contributed by atoms with Crippen LogP contribution in [0, 0.1) is 5.92 Å². The molecule has 2 N–H and O–H groups in total. The van der Waals surface area contributed by atoms with Crippen molar-refractivity contribution in [1.82, 2.24) is 0 Å². The Labute approximate surface area is 95.4 Å². The number of nitrogens with two attached hydrogens (primary N) is 1. The topological polar surface area (TPSA) is 44.5 Å². The highest BCUT2D eigenvalue weighted by molar-refractivity contribution is 6.74. The van der Waals surface area contributed by atoms with Gasteiger partial charge in [0.1, 0.15) is 0 Å². The summed E-state index contributed by atoms with van der Waals surface area (Å²) in [6.45, 7) is 16.0. The highest BCUT2D eigenvalue weighted by Crippen LogP contribution is 2.37. The highest BCUT2D eigenvalue weighted by atomic mass is 28.4. The first-order chi connectivity index (χ1) is 6.62. The van der Waals surface area contributed by atoms with Crippen molar-refractivity contribution >= 4 is 8.32 Å². The summed E-state index contributed by atoms with van der Waals surface area (Å²) in [6, 6.07) is 0. The molecule has 0 heterocycles. The molecule has 4 heteroatoms. The first-order valence-electron chi connectivity index (χ1n) is 5.61. The zero-order valence-electron chi connectivity index (χ0n) is 11.3. The third-order valence-electron chi connectivity index (χ3n) is 3.26. The normalized spacial score (nSPS) is 15.8. The van der Waals surface area contributed by atoms with Gasteiger partial charge in [-0.15, -0.1) is 0 Å². The summed E-state index contributed by atoms with van der Waals surface area (Å²) < 4.78 is 6.24. The molecule has 92 valence electrons. The fourth-order valence-corrected chi connectivity index (χ4v) is 2.46. The van der Waals surface area contributed by atoms with Crippen molar-refractivity contribution in [3.8, 4) is 0 Å². The van der Waals surface area contributed by atoms with E-state index >= 15 is 0 Å². The van der Waals surface area contributed by atoms with Gasteiger partial charge in [0.05, 0.1) is 12.7 Å². The van der Waals surface area contributed by atoms with Gasteiger partial charge in [0.2, 0.25) is 0 Å². The lowest BCUT2D eigenvalue weighted by atomic mass is 10.1. The van der Waals surface area contributed by atoms with Gasteiger partial charge < -0.3 is 9.26 Å². The predicted molar refractivity (Wildman–Crippen MR) is 67.0 cm³/mol. The Kier molecular flexibility index (Phi) is 5.47. The average Bonchev–Trinajstić information content (AvgIpc) is 2.00. The summed E-state index contributed by atoms with van der Waals surface area (Å²) in [7, 11) is -1.70. The van der Waals surface area contributed by atoms with E-state index in [2.05, 4.69) is 47.7 Å². The van der Waals surface area contributed by atoms with Crippen molar-refractivity contribution in [3.63, 3.8) is 0 Å². The van der Waals surface area contributed by atoms with Crippen molar-refractivity contribution in [2.24, 2.45) is 11.8 Å². The minimum atomic E-state index is -1.70. The van der Waals surface area contributed by atoms with Gasteiger partial charge >= 0.3 is 0 Å². The van der Waals surface area contributed by atoms with Crippen molar-refractivity contribution in [2.45, 2.75) is 58.9 Å². The Morgan fingerprint density at radius 2 is 1.67 bits per heavy atom. The highest BCUT2D eigenvalue weighted by Gasteiger charge is 2.39. The molecule has 0 rings (SSSR count). The summed E-state index contributed by atoms with van der Waals surface area (Å²) >= 11 is 0. The molecule has 15 heavy (non-hydrogen) atoms. The molecule has 0 saturated carbocycles. The van der Waals surface area contributed by atoms with E-state index in [4.69, 9.17) is 15.2 Å². The largest absolute Gasteiger partial charge is 0.411 e. The third kappa shape index (κ3) is 4.63. The molecule has 0 aliphatic rings. The third-order valence-corrected chi connectivity index (χ3v) is 7.76. The first kappa shape index (κ1) is 15.1. The van der Waals surface area contributed by atoms with Crippen molar-refractivity contribution < 1.29 is 9.26 Å². The maximum absolute atomic E-state index is 6.24. The summed E-state index contributed by atoms with van der Waals surface area (Å²) in [5, 5.41) is 0.231. The van der Waals surface area contributed by atoms with Crippen LogP contribution in [-0.2, 0) is 9.26 Å². The molecule has 0 saturated heterocycles. The van der Waals surface area contributed by atoms with Crippen LogP contribution in [0.25, 0.3) is 0 Å². The molecule has 0 fully saturated rings. The molecule has 0 spiro atoms. The molecule has 0 aliphatic carbocycles. The maximum atomic E-state index is 6.24. The van der Waals surface area contributed by atoms with E-state index in [-0.39, 0.29) is 11.1 Å². The maximum Gasteiger partial charge on any atom is 0.192 e. The lowest BCUT2D eigenvalue weighted by molar-refractivity contribution is 0.0197. The van der Waals surface area contributed by atoms with Crippen LogP contribution in [0.5, 0.6) is 0 Å². The molecule has 0 radical (unpaired) electrons. The molecular weight excluding hydrogens is 206 g/mol. The van der Waals surface area contributed by atoms with E-state index in [1.165, 1.54) is 0 Å². The second-order valence-electron chi connectivity index (χ2n) is 5.99. The van der Waals surface area contributed by atoms with Crippen LogP contribution in [0.3, 0.4) is 0 Å². The Morgan fingerprint density at radius 3 is 1.93 bits per heavy atom. The minimum absolute atomic E-state index is 0.107. The first-order valence-corrected chi connectivity index (χ1v) is 8.52. The van der Waals surface area contributed by atoms with Crippen LogP contribution >= 0.6 is 0 Å². The molecule has 0 bridgehead atoms. The summed E-state index contributed by atoms with van der Waals surface area (Å²) in [4.78, 5) is 4.72. The Bertz CT molecular complexity index is 188. The minimum Gasteiger partial charge on any atom is -0.411 e. The molecule has 3 nitrogen and oxygen atoms in total. The number of hydrogen-bond acceptors (Lipinski definition) is 3. The molecule has 1 unspecified atom stereocenters. The number of hydrogen-bond donors (Lipinski definition) is 1. The molecule has 0 aliphatic heterocycles. The molecule has 0 aromatic heterocycles. The Balaban J connectivity index is 4.52. The van der Waals surface area contributed by atoms with Gasteiger partial charge in [-0.25, -0.2) is 5.90 Å². The van der Waals surface area contributed by atoms with E-state index in [1.807, 2.05) is 0 Å². The van der Waals surface area contributed by atoms with E-state index < -0.39 is 8.32 Å². The second kappa shape index (κ2) is 5.43. The second-order valence-corrected chi connectivity index (χ2v) is 10.8. The van der Waals surface area contributed by atoms with E-state index in [0.29, 0.717) is 12.5 Å². The van der Waals surface area contributed by atoms with Gasteiger partial charge in [0, 0.05) is 0 Å². The van der Waals surface area contributed by atoms with Gasteiger partial charge in [0.25, 0.3) is 0 Å². The Hall–Kier alpha value is 0.0969. The van der Waals surface area contributed by atoms with Gasteiger partial charge in [-0.3, -0.25) is 0 Å². The van der Waals surface area contributed by atoms with Gasteiger partial charge in [-0.05, 0) is 24.1 Å². The van der Waals surface area contributed by atoms with Crippen LogP contribution in [0.15, 0.2) is 0 Å². The number of rotatable bonds is 5. The smallest absolute Gasteiger partial charge is 0.192 e. The Morgan fingerprint density at radius 1 is 1.20 bits per heavy atom. The SMILES string of the molecule is CC(C)C(CON)O[Si](C)(C)C(C)(C)C. The standard InChI is InChI=1S/C11H27NO2Si/c1-9(2)10(8-13-12)14-15(6,7)11(3,4)5/h9-10H,8,12H2,1-7H3. The van der Waals surface area contributed by atoms with Crippen LogP contribution in [0.4, 0.5) is 0 Å². The van der Waals surface area contributed by atoms with Crippen LogP contribution in [0.1, 0.15) is 34.6 Å². The van der Waals surface area contributed by atoms with Crippen LogP contribution in [-0.4, -0.2) is 21.0 Å². The van der Waals surface area contributed by atoms with E-state index in [1.54, 1.807) is 0 Å². The van der Waals surface area contributed by atoms with Crippen molar-refractivity contribution in [3.05, 3.63) is 0 Å². The summed E-state index contributed by atoms with van der Waals surface area (Å²) in [5.41, 5.74) is 0. The van der Waals surface area contributed by atoms with E-state index in [0.717, 1.165) is 0 Å². The molecule has 0 aromatic rings. The average molecular weight is 233 g/mol. The van der Waals surface area contributed by atoms with Crippen LogP contribution < -0.4 is 5.90 Å². The van der Waals surface area contributed by atoms with Crippen LogP contribution in [0.2, 0.25) is 18.1 Å². The quantitative estimate of drug-likeness (QED) is 0.586. The lowest BCUT2D eigenvalue weighted by Crippen LogP contribution is -2.46. The summed E-state index contributed by atoms with van der Waals surface area (Å²) in [5.74, 6) is 5.56. The van der Waals surface area contributed by atoms with Gasteiger partial charge in [-0.1, -0.05) is 34.6 Å². The fourth-order valence-electron chi connectivity index (χ4n) is 1.01. The van der Waals surface area contributed by atoms with Crippen molar-refractivity contribution in [2.75, 3.05) is 6.61 Å². The zero-order valence-corrected chi connectivity index (χ0v) is 12.3. The van der Waals surface area contributed by atoms with E-state index in [9.17, 15) is 0 Å². The molecule has 0 aromatic carbocycles. The van der Waals surface area contributed by atoms with Crippen molar-refractivity contribution in [1.29, 1.82) is 0 Å². The van der Waals surface area contributed by atoms with Gasteiger partial charge in [-0.2, -0.15) is 0 Å². The molecule has 1 atom stereocenters. The fraction of sp³-hybridized carbons (Fsp3) is 1.00. The molecule has 0 amide bonds. The predicted octanol–water partition coefficient (Wildman–Crippen LogP) is 2.92.